The van der Waals surface area contributed by atoms with Crippen molar-refractivity contribution in [2.75, 3.05) is 32.2 Å². The summed E-state index contributed by atoms with van der Waals surface area (Å²) in [6.07, 6.45) is 1.25. The van der Waals surface area contributed by atoms with Crippen LogP contribution in [0.1, 0.15) is 12.8 Å². The number of rotatable bonds is 5. The summed E-state index contributed by atoms with van der Waals surface area (Å²) in [4.78, 5) is 17.2. The van der Waals surface area contributed by atoms with Crippen molar-refractivity contribution in [2.45, 2.75) is 12.8 Å². The average Bonchev–Trinajstić information content (AvgIpc) is 3.10. The number of halogens is 2. The van der Waals surface area contributed by atoms with E-state index in [1.807, 2.05) is 11.4 Å². The molecule has 2 heterocycles. The molecule has 6 nitrogen and oxygen atoms in total. The van der Waals surface area contributed by atoms with E-state index in [9.17, 15) is 4.79 Å². The molecule has 0 spiro atoms. The monoisotopic (exact) mass is 417 g/mol. The lowest BCUT2D eigenvalue weighted by Crippen LogP contribution is -2.46. The topological polar surface area (TPSA) is 86.5 Å². The Bertz CT molecular complexity index is 763. The zero-order valence-electron chi connectivity index (χ0n) is 14.3. The Morgan fingerprint density at radius 3 is 2.81 bits per heavy atom. The molecule has 26 heavy (non-hydrogen) atoms. The minimum absolute atomic E-state index is 0. The second-order valence-corrected chi connectivity index (χ2v) is 7.20. The van der Waals surface area contributed by atoms with Gasteiger partial charge in [-0.1, -0.05) is 11.6 Å². The number of aromatic nitrogens is 1. The van der Waals surface area contributed by atoms with Gasteiger partial charge in [-0.3, -0.25) is 4.79 Å². The number of methoxy groups -OCH3 is 1. The van der Waals surface area contributed by atoms with Gasteiger partial charge in [-0.25, -0.2) is 4.98 Å². The molecule has 1 aliphatic heterocycles. The molecule has 3 rings (SSSR count). The van der Waals surface area contributed by atoms with Gasteiger partial charge in [0.2, 0.25) is 5.91 Å². The van der Waals surface area contributed by atoms with Crippen molar-refractivity contribution >= 4 is 46.4 Å². The van der Waals surface area contributed by atoms with Gasteiger partial charge < -0.3 is 20.5 Å². The molecule has 0 aliphatic carbocycles. The maximum atomic E-state index is 12.7. The largest absolute Gasteiger partial charge is 0.495 e. The van der Waals surface area contributed by atoms with Crippen molar-refractivity contribution in [1.29, 1.82) is 0 Å². The standard InChI is InChI=1S/C17H20ClN3O3S.ClH/c1-23-14-3-2-11(8-12(14)18)13-9-25-16(20-13)21-15(22)17(10-19)4-6-24-7-5-17;/h2-3,8-9H,4-7,10,19H2,1H3,(H,20,21,22);1H. The van der Waals surface area contributed by atoms with Crippen LogP contribution in [0.4, 0.5) is 5.13 Å². The highest BCUT2D eigenvalue weighted by Crippen LogP contribution is 2.34. The first-order valence-corrected chi connectivity index (χ1v) is 9.22. The quantitative estimate of drug-likeness (QED) is 0.775. The van der Waals surface area contributed by atoms with E-state index in [1.165, 1.54) is 11.3 Å². The lowest BCUT2D eigenvalue weighted by molar-refractivity contribution is -0.130. The van der Waals surface area contributed by atoms with Crippen LogP contribution in [0.5, 0.6) is 5.75 Å². The van der Waals surface area contributed by atoms with Crippen LogP contribution in [0, 0.1) is 5.41 Å². The molecule has 0 radical (unpaired) electrons. The second kappa shape index (κ2) is 9.01. The first kappa shape index (κ1) is 20.9. The fourth-order valence-corrected chi connectivity index (χ4v) is 3.78. The molecule has 1 aliphatic rings. The second-order valence-electron chi connectivity index (χ2n) is 5.94. The van der Waals surface area contributed by atoms with E-state index in [1.54, 1.807) is 19.2 Å². The van der Waals surface area contributed by atoms with Crippen LogP contribution in [0.25, 0.3) is 11.3 Å². The Morgan fingerprint density at radius 1 is 1.46 bits per heavy atom. The van der Waals surface area contributed by atoms with Gasteiger partial charge in [-0.05, 0) is 31.0 Å². The van der Waals surface area contributed by atoms with Gasteiger partial charge in [0.1, 0.15) is 5.75 Å². The highest BCUT2D eigenvalue weighted by molar-refractivity contribution is 7.14. The molecule has 1 amide bonds. The Balaban J connectivity index is 0.00000243. The number of ether oxygens (including phenoxy) is 2. The summed E-state index contributed by atoms with van der Waals surface area (Å²) < 4.78 is 10.5. The number of hydrogen-bond acceptors (Lipinski definition) is 6. The predicted octanol–water partition coefficient (Wildman–Crippen LogP) is 3.59. The minimum atomic E-state index is -0.576. The predicted molar refractivity (Wildman–Crippen MR) is 107 cm³/mol. The van der Waals surface area contributed by atoms with Crippen LogP contribution in [-0.2, 0) is 9.53 Å². The highest BCUT2D eigenvalue weighted by atomic mass is 35.5. The van der Waals surface area contributed by atoms with Crippen LogP contribution in [0.15, 0.2) is 23.6 Å². The van der Waals surface area contributed by atoms with Gasteiger partial charge >= 0.3 is 0 Å². The molecule has 0 atom stereocenters. The Labute approximate surface area is 167 Å². The third-order valence-corrected chi connectivity index (χ3v) is 5.55. The maximum absolute atomic E-state index is 12.7. The Morgan fingerprint density at radius 2 is 2.19 bits per heavy atom. The number of benzene rings is 1. The first-order chi connectivity index (χ1) is 12.1. The van der Waals surface area contributed by atoms with Gasteiger partial charge in [-0.15, -0.1) is 23.7 Å². The average molecular weight is 418 g/mol. The normalized spacial score (nSPS) is 15.8. The molecule has 1 saturated heterocycles. The number of amides is 1. The molecular formula is C17H21Cl2N3O3S. The molecule has 1 aromatic heterocycles. The zero-order valence-corrected chi connectivity index (χ0v) is 16.7. The van der Waals surface area contributed by atoms with Crippen molar-refractivity contribution in [2.24, 2.45) is 11.1 Å². The van der Waals surface area contributed by atoms with E-state index in [2.05, 4.69) is 10.3 Å². The molecule has 0 saturated carbocycles. The van der Waals surface area contributed by atoms with E-state index in [0.29, 0.717) is 48.5 Å². The summed E-state index contributed by atoms with van der Waals surface area (Å²) in [7, 11) is 1.57. The van der Waals surface area contributed by atoms with Crippen molar-refractivity contribution in [3.8, 4) is 17.0 Å². The summed E-state index contributed by atoms with van der Waals surface area (Å²) in [6, 6.07) is 5.47. The number of carbonyl (C=O) groups excluding carboxylic acids is 1. The third-order valence-electron chi connectivity index (χ3n) is 4.49. The van der Waals surface area contributed by atoms with Crippen LogP contribution in [-0.4, -0.2) is 37.8 Å². The zero-order chi connectivity index (χ0) is 17.9. The number of thiazole rings is 1. The van der Waals surface area contributed by atoms with Crippen molar-refractivity contribution < 1.29 is 14.3 Å². The van der Waals surface area contributed by atoms with Gasteiger partial charge in [0.05, 0.1) is 23.2 Å². The summed E-state index contributed by atoms with van der Waals surface area (Å²) in [5.41, 5.74) is 6.91. The molecule has 0 bridgehead atoms. The van der Waals surface area contributed by atoms with Gasteiger partial charge in [-0.2, -0.15) is 0 Å². The van der Waals surface area contributed by atoms with Crippen LogP contribution < -0.4 is 15.8 Å². The molecular weight excluding hydrogens is 397 g/mol. The lowest BCUT2D eigenvalue weighted by atomic mass is 9.79. The van der Waals surface area contributed by atoms with Crippen LogP contribution >= 0.6 is 35.3 Å². The smallest absolute Gasteiger partial charge is 0.233 e. The van der Waals surface area contributed by atoms with Gasteiger partial charge in [0.25, 0.3) is 0 Å². The van der Waals surface area contributed by atoms with E-state index in [0.717, 1.165) is 11.3 Å². The molecule has 0 unspecified atom stereocenters. The van der Waals surface area contributed by atoms with E-state index in [4.69, 9.17) is 26.8 Å². The van der Waals surface area contributed by atoms with E-state index >= 15 is 0 Å². The SMILES string of the molecule is COc1ccc(-c2csc(NC(=O)C3(CN)CCOCC3)n2)cc1Cl.Cl. The number of carbonyl (C=O) groups is 1. The Kier molecular flexibility index (Phi) is 7.25. The molecule has 1 aromatic carbocycles. The number of hydrogen-bond donors (Lipinski definition) is 2. The molecule has 142 valence electrons. The minimum Gasteiger partial charge on any atom is -0.495 e. The van der Waals surface area contributed by atoms with E-state index in [-0.39, 0.29) is 18.3 Å². The highest BCUT2D eigenvalue weighted by Gasteiger charge is 2.39. The van der Waals surface area contributed by atoms with Gasteiger partial charge in [0, 0.05) is 30.7 Å². The summed E-state index contributed by atoms with van der Waals surface area (Å²) in [5, 5.41) is 5.85. The lowest BCUT2D eigenvalue weighted by Gasteiger charge is -2.34. The van der Waals surface area contributed by atoms with Gasteiger partial charge in [0.15, 0.2) is 5.13 Å². The fourth-order valence-electron chi connectivity index (χ4n) is 2.81. The first-order valence-electron chi connectivity index (χ1n) is 7.97. The Hall–Kier alpha value is -1.38. The maximum Gasteiger partial charge on any atom is 0.233 e. The summed E-state index contributed by atoms with van der Waals surface area (Å²) in [6.45, 7) is 1.41. The number of nitrogens with one attached hydrogen (secondary N) is 1. The van der Waals surface area contributed by atoms with Crippen LogP contribution in [0.2, 0.25) is 5.02 Å². The number of nitrogens with zero attached hydrogens (tertiary/aromatic N) is 1. The molecule has 3 N–H and O–H groups in total. The fraction of sp³-hybridized carbons (Fsp3) is 0.412. The van der Waals surface area contributed by atoms with E-state index < -0.39 is 5.41 Å². The van der Waals surface area contributed by atoms with Crippen molar-refractivity contribution in [3.63, 3.8) is 0 Å². The number of nitrogens with two attached hydrogens (primary N) is 1. The molecule has 9 heteroatoms. The van der Waals surface area contributed by atoms with Crippen molar-refractivity contribution in [1.82, 2.24) is 4.98 Å². The number of anilines is 1. The van der Waals surface area contributed by atoms with Crippen molar-refractivity contribution in [3.05, 3.63) is 28.6 Å². The summed E-state index contributed by atoms with van der Waals surface area (Å²) in [5.74, 6) is 0.519. The summed E-state index contributed by atoms with van der Waals surface area (Å²) >= 11 is 7.54. The van der Waals surface area contributed by atoms with Crippen LogP contribution in [0.3, 0.4) is 0 Å². The third kappa shape index (κ3) is 4.29. The molecule has 1 fully saturated rings. The molecule has 2 aromatic rings.